The summed E-state index contributed by atoms with van der Waals surface area (Å²) in [5.74, 6) is -0.0633. The van der Waals surface area contributed by atoms with Crippen LogP contribution in [0.4, 0.5) is 0 Å². The summed E-state index contributed by atoms with van der Waals surface area (Å²) in [5, 5.41) is 11.8. The van der Waals surface area contributed by atoms with Crippen molar-refractivity contribution in [2.45, 2.75) is 38.8 Å². The molecule has 5 heteroatoms. The topological polar surface area (TPSA) is 59.8 Å². The highest BCUT2D eigenvalue weighted by Gasteiger charge is 2.22. The number of carbonyl (C=O) groups excluding carboxylic acids is 1. The summed E-state index contributed by atoms with van der Waals surface area (Å²) in [5.41, 5.74) is 7.26. The lowest BCUT2D eigenvalue weighted by Gasteiger charge is -2.26. The quantitative estimate of drug-likeness (QED) is 0.549. The molecule has 30 heavy (non-hydrogen) atoms. The number of aryl methyl sites for hydroxylation is 2. The van der Waals surface area contributed by atoms with E-state index in [1.165, 1.54) is 22.3 Å². The number of amides is 1. The van der Waals surface area contributed by atoms with Crippen molar-refractivity contribution in [2.75, 3.05) is 0 Å². The highest BCUT2D eigenvalue weighted by molar-refractivity contribution is 5.97. The molecule has 1 atom stereocenters. The van der Waals surface area contributed by atoms with Crippen LogP contribution in [0.2, 0.25) is 0 Å². The lowest BCUT2D eigenvalue weighted by Crippen LogP contribution is -2.30. The molecular formula is C25H24N4O. The smallest absolute Gasteiger partial charge is 0.251 e. The first-order valence-electron chi connectivity index (χ1n) is 10.4. The zero-order chi connectivity index (χ0) is 20.5. The molecule has 1 aliphatic rings. The Morgan fingerprint density at radius 2 is 1.93 bits per heavy atom. The molecule has 0 spiro atoms. The van der Waals surface area contributed by atoms with Crippen LogP contribution in [0.25, 0.3) is 11.0 Å². The maximum absolute atomic E-state index is 12.9. The van der Waals surface area contributed by atoms with Crippen molar-refractivity contribution in [1.82, 2.24) is 20.3 Å². The second-order valence-electron chi connectivity index (χ2n) is 8.05. The summed E-state index contributed by atoms with van der Waals surface area (Å²) < 4.78 is 1.87. The van der Waals surface area contributed by atoms with Crippen molar-refractivity contribution in [3.05, 3.63) is 94.5 Å². The number of benzene rings is 3. The van der Waals surface area contributed by atoms with Gasteiger partial charge in [-0.2, -0.15) is 0 Å². The molecule has 5 rings (SSSR count). The fourth-order valence-corrected chi connectivity index (χ4v) is 4.24. The zero-order valence-corrected chi connectivity index (χ0v) is 17.0. The SMILES string of the molecule is Cc1ccc(Cn2nnc3cc(C(=O)N[C@@H]4CCCc5ccccc54)ccc32)cc1. The van der Waals surface area contributed by atoms with Gasteiger partial charge < -0.3 is 5.32 Å². The van der Waals surface area contributed by atoms with Crippen molar-refractivity contribution >= 4 is 16.9 Å². The van der Waals surface area contributed by atoms with Crippen LogP contribution in [0.1, 0.15) is 51.5 Å². The first kappa shape index (κ1) is 18.6. The average Bonchev–Trinajstić information content (AvgIpc) is 3.17. The average molecular weight is 396 g/mol. The number of aromatic nitrogens is 3. The zero-order valence-electron chi connectivity index (χ0n) is 17.0. The predicted octanol–water partition coefficient (Wildman–Crippen LogP) is 4.60. The minimum atomic E-state index is -0.0633. The van der Waals surface area contributed by atoms with Crippen LogP contribution in [0.15, 0.2) is 66.7 Å². The number of hydrogen-bond acceptors (Lipinski definition) is 3. The van der Waals surface area contributed by atoms with Gasteiger partial charge in [0.2, 0.25) is 0 Å². The molecule has 0 bridgehead atoms. The number of nitrogens with zero attached hydrogens (tertiary/aromatic N) is 3. The molecule has 3 aromatic carbocycles. The van der Waals surface area contributed by atoms with Gasteiger partial charge in [0.05, 0.1) is 18.1 Å². The fourth-order valence-electron chi connectivity index (χ4n) is 4.24. The number of hydrogen-bond donors (Lipinski definition) is 1. The second kappa shape index (κ2) is 7.75. The van der Waals surface area contributed by atoms with Crippen molar-refractivity contribution in [3.63, 3.8) is 0 Å². The largest absolute Gasteiger partial charge is 0.345 e. The van der Waals surface area contributed by atoms with Gasteiger partial charge in [-0.15, -0.1) is 5.10 Å². The third-order valence-corrected chi connectivity index (χ3v) is 5.90. The van der Waals surface area contributed by atoms with E-state index in [0.717, 1.165) is 30.3 Å². The summed E-state index contributed by atoms with van der Waals surface area (Å²) in [6, 6.07) is 22.5. The predicted molar refractivity (Wildman–Crippen MR) is 117 cm³/mol. The van der Waals surface area contributed by atoms with Crippen LogP contribution in [0.5, 0.6) is 0 Å². The molecule has 4 aromatic rings. The third-order valence-electron chi connectivity index (χ3n) is 5.90. The number of nitrogens with one attached hydrogen (secondary N) is 1. The van der Waals surface area contributed by atoms with E-state index in [1.54, 1.807) is 0 Å². The van der Waals surface area contributed by atoms with Gasteiger partial charge in [-0.1, -0.05) is 59.3 Å². The Labute approximate surface area is 175 Å². The third kappa shape index (κ3) is 3.59. The molecule has 1 heterocycles. The molecule has 0 saturated heterocycles. The maximum Gasteiger partial charge on any atom is 0.251 e. The minimum absolute atomic E-state index is 0.0633. The van der Waals surface area contributed by atoms with Gasteiger partial charge in [-0.3, -0.25) is 4.79 Å². The highest BCUT2D eigenvalue weighted by Crippen LogP contribution is 2.29. The molecule has 0 aliphatic heterocycles. The van der Waals surface area contributed by atoms with Crippen LogP contribution < -0.4 is 5.32 Å². The summed E-state index contributed by atoms with van der Waals surface area (Å²) in [7, 11) is 0. The maximum atomic E-state index is 12.9. The van der Waals surface area contributed by atoms with Gasteiger partial charge in [0.1, 0.15) is 5.52 Å². The molecule has 150 valence electrons. The van der Waals surface area contributed by atoms with Gasteiger partial charge >= 0.3 is 0 Å². The van der Waals surface area contributed by atoms with Crippen molar-refractivity contribution in [3.8, 4) is 0 Å². The van der Waals surface area contributed by atoms with E-state index in [9.17, 15) is 4.79 Å². The van der Waals surface area contributed by atoms with Crippen LogP contribution in [0, 0.1) is 6.92 Å². The number of carbonyl (C=O) groups is 1. The van der Waals surface area contributed by atoms with Crippen LogP contribution in [-0.4, -0.2) is 20.9 Å². The summed E-state index contributed by atoms with van der Waals surface area (Å²) in [4.78, 5) is 12.9. The Kier molecular flexibility index (Phi) is 4.79. The Bertz CT molecular complexity index is 1210. The van der Waals surface area contributed by atoms with E-state index in [1.807, 2.05) is 28.9 Å². The molecule has 0 unspecified atom stereocenters. The van der Waals surface area contributed by atoms with Crippen molar-refractivity contribution < 1.29 is 4.79 Å². The lowest BCUT2D eigenvalue weighted by molar-refractivity contribution is 0.0933. The van der Waals surface area contributed by atoms with Crippen LogP contribution >= 0.6 is 0 Å². The lowest BCUT2D eigenvalue weighted by atomic mass is 9.87. The summed E-state index contributed by atoms with van der Waals surface area (Å²) in [6.45, 7) is 2.73. The molecule has 5 nitrogen and oxygen atoms in total. The van der Waals surface area contributed by atoms with E-state index in [2.05, 4.69) is 65.0 Å². The molecule has 0 fully saturated rings. The standard InChI is InChI=1S/C25H24N4O/c1-17-9-11-18(12-10-17)16-29-24-14-13-20(15-23(24)27-28-29)25(30)26-22-8-4-6-19-5-2-3-7-21(19)22/h2-3,5,7,9-15,22H,4,6,8,16H2,1H3,(H,26,30)/t22-/m1/s1. The van der Waals surface area contributed by atoms with E-state index in [4.69, 9.17) is 0 Å². The first-order valence-corrected chi connectivity index (χ1v) is 10.4. The molecule has 0 saturated carbocycles. The van der Waals surface area contributed by atoms with E-state index in [-0.39, 0.29) is 11.9 Å². The molecule has 0 radical (unpaired) electrons. The second-order valence-corrected chi connectivity index (χ2v) is 8.05. The molecule has 1 N–H and O–H groups in total. The number of rotatable bonds is 4. The van der Waals surface area contributed by atoms with Gasteiger partial charge in [-0.05, 0) is 61.1 Å². The molecular weight excluding hydrogens is 372 g/mol. The normalized spacial score (nSPS) is 15.7. The van der Waals surface area contributed by atoms with E-state index < -0.39 is 0 Å². The van der Waals surface area contributed by atoms with Gasteiger partial charge in [0.15, 0.2) is 0 Å². The molecule has 1 amide bonds. The number of fused-ring (bicyclic) bond motifs is 2. The Morgan fingerprint density at radius 3 is 2.80 bits per heavy atom. The van der Waals surface area contributed by atoms with Gasteiger partial charge in [0, 0.05) is 5.56 Å². The summed E-state index contributed by atoms with van der Waals surface area (Å²) >= 11 is 0. The summed E-state index contributed by atoms with van der Waals surface area (Å²) in [6.07, 6.45) is 3.14. The Balaban J connectivity index is 1.35. The van der Waals surface area contributed by atoms with Gasteiger partial charge in [-0.25, -0.2) is 4.68 Å². The molecule has 1 aliphatic carbocycles. The molecule has 1 aromatic heterocycles. The van der Waals surface area contributed by atoms with Crippen LogP contribution in [-0.2, 0) is 13.0 Å². The highest BCUT2D eigenvalue weighted by atomic mass is 16.1. The van der Waals surface area contributed by atoms with Crippen LogP contribution in [0.3, 0.4) is 0 Å². The Hall–Kier alpha value is -3.47. The van der Waals surface area contributed by atoms with E-state index >= 15 is 0 Å². The van der Waals surface area contributed by atoms with Gasteiger partial charge in [0.25, 0.3) is 5.91 Å². The first-order chi connectivity index (χ1) is 14.7. The monoisotopic (exact) mass is 396 g/mol. The van der Waals surface area contributed by atoms with E-state index in [0.29, 0.717) is 12.1 Å². The minimum Gasteiger partial charge on any atom is -0.345 e. The fraction of sp³-hybridized carbons (Fsp3) is 0.240. The van der Waals surface area contributed by atoms with Crippen molar-refractivity contribution in [1.29, 1.82) is 0 Å². The Morgan fingerprint density at radius 1 is 1.10 bits per heavy atom. The van der Waals surface area contributed by atoms with Crippen molar-refractivity contribution in [2.24, 2.45) is 0 Å².